The summed E-state index contributed by atoms with van der Waals surface area (Å²) in [4.78, 5) is 4.32. The minimum atomic E-state index is 1.04. The molecule has 0 aliphatic heterocycles. The van der Waals surface area contributed by atoms with Crippen LogP contribution in [0.25, 0.3) is 0 Å². The van der Waals surface area contributed by atoms with Crippen LogP contribution >= 0.6 is 0 Å². The molecule has 1 aromatic heterocycles. The van der Waals surface area contributed by atoms with E-state index in [0.717, 1.165) is 18.4 Å². The molecule has 0 unspecified atom stereocenters. The molecule has 0 bridgehead atoms. The molecule has 0 spiro atoms. The van der Waals surface area contributed by atoms with E-state index in [9.17, 15) is 0 Å². The van der Waals surface area contributed by atoms with Crippen molar-refractivity contribution in [1.29, 1.82) is 0 Å². The molecule has 0 amide bonds. The van der Waals surface area contributed by atoms with Gasteiger partial charge in [-0.1, -0.05) is 11.8 Å². The maximum Gasteiger partial charge on any atom is 0.0559 e. The number of nitrogens with zero attached hydrogens (tertiary/aromatic N) is 1. The Balaban J connectivity index is 2.42. The third kappa shape index (κ3) is 1.48. The van der Waals surface area contributed by atoms with Gasteiger partial charge in [0.2, 0.25) is 0 Å². The van der Waals surface area contributed by atoms with E-state index in [1.54, 1.807) is 0 Å². The first-order valence-corrected chi connectivity index (χ1v) is 4.39. The molecule has 1 heteroatoms. The number of pyridine rings is 1. The highest BCUT2D eigenvalue weighted by molar-refractivity contribution is 5.38. The fraction of sp³-hybridized carbons (Fsp3) is 0.364. The first kappa shape index (κ1) is 7.36. The van der Waals surface area contributed by atoms with Crippen molar-refractivity contribution in [3.05, 3.63) is 29.6 Å². The summed E-state index contributed by atoms with van der Waals surface area (Å²) in [6, 6.07) is 4.01. The van der Waals surface area contributed by atoms with Crippen LogP contribution in [0.1, 0.15) is 30.5 Å². The van der Waals surface area contributed by atoms with Crippen molar-refractivity contribution < 1.29 is 0 Å². The van der Waals surface area contributed by atoms with E-state index in [2.05, 4.69) is 22.9 Å². The average molecular weight is 157 g/mol. The summed E-state index contributed by atoms with van der Waals surface area (Å²) in [5, 5.41) is 0. The van der Waals surface area contributed by atoms with Gasteiger partial charge in [-0.2, -0.15) is 0 Å². The van der Waals surface area contributed by atoms with E-state index in [1.165, 1.54) is 18.5 Å². The van der Waals surface area contributed by atoms with Crippen LogP contribution in [0.15, 0.2) is 18.3 Å². The number of aromatic nitrogens is 1. The van der Waals surface area contributed by atoms with Gasteiger partial charge in [-0.3, -0.25) is 4.98 Å². The van der Waals surface area contributed by atoms with Crippen LogP contribution < -0.4 is 0 Å². The van der Waals surface area contributed by atoms with Gasteiger partial charge in [0.05, 0.1) is 5.69 Å². The van der Waals surface area contributed by atoms with Crippen molar-refractivity contribution in [3.63, 3.8) is 0 Å². The molecule has 0 atom stereocenters. The highest BCUT2D eigenvalue weighted by Gasteiger charge is 2.01. The second-order valence-electron chi connectivity index (χ2n) is 3.01. The quantitative estimate of drug-likeness (QED) is 0.526. The fourth-order valence-corrected chi connectivity index (χ4v) is 1.41. The first-order valence-electron chi connectivity index (χ1n) is 4.39. The van der Waals surface area contributed by atoms with Crippen molar-refractivity contribution in [2.24, 2.45) is 0 Å². The van der Waals surface area contributed by atoms with Crippen LogP contribution in [0.3, 0.4) is 0 Å². The van der Waals surface area contributed by atoms with Gasteiger partial charge in [-0.05, 0) is 31.4 Å². The molecule has 0 saturated carbocycles. The molecule has 0 aromatic carbocycles. The zero-order valence-electron chi connectivity index (χ0n) is 7.01. The molecule has 12 heavy (non-hydrogen) atoms. The van der Waals surface area contributed by atoms with Crippen LogP contribution in [-0.2, 0) is 6.42 Å². The smallest absolute Gasteiger partial charge is 0.0559 e. The van der Waals surface area contributed by atoms with Crippen molar-refractivity contribution in [2.75, 3.05) is 0 Å². The lowest BCUT2D eigenvalue weighted by Gasteiger charge is -2.04. The molecule has 60 valence electrons. The van der Waals surface area contributed by atoms with Crippen molar-refractivity contribution in [3.8, 4) is 11.8 Å². The van der Waals surface area contributed by atoms with E-state index < -0.39 is 0 Å². The minimum Gasteiger partial charge on any atom is -0.260 e. The summed E-state index contributed by atoms with van der Waals surface area (Å²) in [5.74, 6) is 6.31. The Morgan fingerprint density at radius 1 is 1.33 bits per heavy atom. The second-order valence-corrected chi connectivity index (χ2v) is 3.01. The molecule has 1 nitrogen and oxygen atoms in total. The lowest BCUT2D eigenvalue weighted by molar-refractivity contribution is 0.737. The van der Waals surface area contributed by atoms with Gasteiger partial charge in [-0.25, -0.2) is 0 Å². The summed E-state index contributed by atoms with van der Waals surface area (Å²) in [6.07, 6.45) is 6.41. The van der Waals surface area contributed by atoms with Gasteiger partial charge < -0.3 is 0 Å². The Hall–Kier alpha value is -1.29. The summed E-state index contributed by atoms with van der Waals surface area (Å²) in [5.41, 5.74) is 2.29. The first-order chi connectivity index (χ1) is 5.97. The molecule has 2 rings (SSSR count). The Morgan fingerprint density at radius 3 is 3.33 bits per heavy atom. The Morgan fingerprint density at radius 2 is 2.33 bits per heavy atom. The van der Waals surface area contributed by atoms with Gasteiger partial charge in [-0.15, -0.1) is 0 Å². The summed E-state index contributed by atoms with van der Waals surface area (Å²) < 4.78 is 0. The Labute approximate surface area is 72.8 Å². The summed E-state index contributed by atoms with van der Waals surface area (Å²) in [6.45, 7) is 0. The fourth-order valence-electron chi connectivity index (χ4n) is 1.41. The van der Waals surface area contributed by atoms with E-state index in [0.29, 0.717) is 0 Å². The number of hydrogen-bond acceptors (Lipinski definition) is 1. The topological polar surface area (TPSA) is 12.9 Å². The monoisotopic (exact) mass is 157 g/mol. The maximum absolute atomic E-state index is 4.32. The second kappa shape index (κ2) is 3.40. The van der Waals surface area contributed by atoms with Crippen molar-refractivity contribution in [2.45, 2.75) is 25.7 Å². The molecule has 0 radical (unpaired) electrons. The maximum atomic E-state index is 4.32. The van der Waals surface area contributed by atoms with Gasteiger partial charge >= 0.3 is 0 Å². The van der Waals surface area contributed by atoms with E-state index >= 15 is 0 Å². The van der Waals surface area contributed by atoms with Gasteiger partial charge in [0, 0.05) is 18.2 Å². The highest BCUT2D eigenvalue weighted by atomic mass is 14.7. The predicted octanol–water partition coefficient (Wildman–Crippen LogP) is 2.16. The van der Waals surface area contributed by atoms with Crippen LogP contribution in [0.5, 0.6) is 0 Å². The molecular formula is C11H11N. The lowest BCUT2D eigenvalue weighted by atomic mass is 10.0. The molecule has 0 saturated heterocycles. The van der Waals surface area contributed by atoms with Crippen LogP contribution in [0.4, 0.5) is 0 Å². The number of rotatable bonds is 0. The molecule has 1 heterocycles. The number of hydrogen-bond donors (Lipinski definition) is 0. The van der Waals surface area contributed by atoms with Crippen LogP contribution in [0.2, 0.25) is 0 Å². The minimum absolute atomic E-state index is 1.04. The van der Waals surface area contributed by atoms with Crippen LogP contribution in [-0.4, -0.2) is 4.98 Å². The third-order valence-corrected chi connectivity index (χ3v) is 2.08. The van der Waals surface area contributed by atoms with Gasteiger partial charge in [0.15, 0.2) is 0 Å². The zero-order chi connectivity index (χ0) is 8.23. The van der Waals surface area contributed by atoms with E-state index in [-0.39, 0.29) is 0 Å². The van der Waals surface area contributed by atoms with Crippen molar-refractivity contribution in [1.82, 2.24) is 4.98 Å². The Kier molecular flexibility index (Phi) is 2.09. The SMILES string of the molecule is C1#Cc2cccnc2CCCC1. The van der Waals surface area contributed by atoms with Gasteiger partial charge in [0.25, 0.3) is 0 Å². The Bertz CT molecular complexity index is 330. The zero-order valence-corrected chi connectivity index (χ0v) is 7.01. The molecule has 0 N–H and O–H groups in total. The summed E-state index contributed by atoms with van der Waals surface area (Å²) >= 11 is 0. The van der Waals surface area contributed by atoms with Crippen molar-refractivity contribution >= 4 is 0 Å². The molecule has 1 aliphatic rings. The number of aryl methyl sites for hydroxylation is 1. The third-order valence-electron chi connectivity index (χ3n) is 2.08. The normalized spacial score (nSPS) is 15.0. The lowest BCUT2D eigenvalue weighted by Crippen LogP contribution is -1.96. The number of fused-ring (bicyclic) bond motifs is 1. The highest BCUT2D eigenvalue weighted by Crippen LogP contribution is 2.11. The average Bonchev–Trinajstić information content (AvgIpc) is 2.06. The summed E-state index contributed by atoms with van der Waals surface area (Å²) in [7, 11) is 0. The standard InChI is InChI=1S/C11H11N/c1-2-4-8-11-10(6-3-1)7-5-9-12-11/h5,7,9H,1-2,4,8H2. The molecule has 0 fully saturated rings. The van der Waals surface area contributed by atoms with Gasteiger partial charge in [0.1, 0.15) is 0 Å². The molecule has 1 aliphatic carbocycles. The molecule has 1 aromatic rings. The predicted molar refractivity (Wildman–Crippen MR) is 48.7 cm³/mol. The largest absolute Gasteiger partial charge is 0.260 e. The van der Waals surface area contributed by atoms with Crippen LogP contribution in [0, 0.1) is 11.8 Å². The van der Waals surface area contributed by atoms with E-state index in [4.69, 9.17) is 0 Å². The van der Waals surface area contributed by atoms with E-state index in [1.807, 2.05) is 12.3 Å². The molecular weight excluding hydrogens is 146 g/mol.